The van der Waals surface area contributed by atoms with E-state index in [1.807, 2.05) is 23.9 Å². The summed E-state index contributed by atoms with van der Waals surface area (Å²) >= 11 is 2.02. The number of nitrogens with one attached hydrogen (secondary N) is 2. The van der Waals surface area contributed by atoms with E-state index in [4.69, 9.17) is 14.1 Å². The van der Waals surface area contributed by atoms with Gasteiger partial charge in [0.2, 0.25) is 0 Å². The van der Waals surface area contributed by atoms with Crippen LogP contribution in [0.5, 0.6) is 0 Å². The quantitative estimate of drug-likeness (QED) is 0.536. The summed E-state index contributed by atoms with van der Waals surface area (Å²) in [7, 11) is 0. The van der Waals surface area contributed by atoms with Gasteiger partial charge in [0, 0.05) is 37.9 Å². The largest absolute Gasteiger partial charge is 0.469 e. The maximum absolute atomic E-state index is 6.17. The molecule has 2 aromatic rings. The molecule has 1 aromatic heterocycles. The molecule has 0 bridgehead atoms. The number of ether oxygens (including phenoxy) is 1. The molecule has 2 N–H and O–H groups in total. The van der Waals surface area contributed by atoms with Crippen LogP contribution in [0.15, 0.2) is 58.1 Å². The minimum Gasteiger partial charge on any atom is -0.469 e. The monoisotopic (exact) mass is 413 g/mol. The highest BCUT2D eigenvalue weighted by Gasteiger charge is 2.40. The predicted molar refractivity (Wildman–Crippen MR) is 120 cm³/mol. The van der Waals surface area contributed by atoms with Gasteiger partial charge in [-0.1, -0.05) is 30.3 Å². The molecule has 156 valence electrons. The summed E-state index contributed by atoms with van der Waals surface area (Å²) in [4.78, 5) is 4.83. The number of nitrogens with zero attached hydrogens (tertiary/aromatic N) is 1. The van der Waals surface area contributed by atoms with E-state index in [0.29, 0.717) is 12.6 Å². The Labute approximate surface area is 177 Å². The lowest BCUT2D eigenvalue weighted by molar-refractivity contribution is -0.0679. The summed E-state index contributed by atoms with van der Waals surface area (Å²) in [5.41, 5.74) is 1.41. The summed E-state index contributed by atoms with van der Waals surface area (Å²) < 4.78 is 11.6. The molecule has 3 heterocycles. The summed E-state index contributed by atoms with van der Waals surface area (Å²) in [5.74, 6) is 4.22. The Bertz CT molecular complexity index is 758. The summed E-state index contributed by atoms with van der Waals surface area (Å²) in [6.45, 7) is 2.40. The number of thioether (sulfide) groups is 1. The second-order valence-corrected chi connectivity index (χ2v) is 9.00. The standard InChI is InChI=1S/C23H31N3O2S/c1-2-5-19(6-3-1)8-12-24-22(25-13-9-21-7-4-14-27-21)26-20-10-15-28-23(17-20)11-16-29-18-23/h1-7,14,20H,8-13,15-18H2,(H2,24,25,26). The molecule has 0 saturated carbocycles. The molecule has 5 nitrogen and oxygen atoms in total. The molecule has 2 unspecified atom stereocenters. The Morgan fingerprint density at radius 1 is 1.17 bits per heavy atom. The third kappa shape index (κ3) is 6.03. The van der Waals surface area contributed by atoms with Crippen molar-refractivity contribution in [1.29, 1.82) is 0 Å². The summed E-state index contributed by atoms with van der Waals surface area (Å²) in [6.07, 6.45) is 6.78. The number of hydrogen-bond acceptors (Lipinski definition) is 4. The van der Waals surface area contributed by atoms with Crippen LogP contribution in [0.4, 0.5) is 0 Å². The minimum absolute atomic E-state index is 0.0733. The number of rotatable bonds is 7. The number of guanidine groups is 1. The van der Waals surface area contributed by atoms with Crippen LogP contribution in [0.2, 0.25) is 0 Å². The molecule has 29 heavy (non-hydrogen) atoms. The topological polar surface area (TPSA) is 58.8 Å². The molecule has 0 radical (unpaired) electrons. The van der Waals surface area contributed by atoms with Gasteiger partial charge in [-0.05, 0) is 49.1 Å². The van der Waals surface area contributed by atoms with Gasteiger partial charge >= 0.3 is 0 Å². The average molecular weight is 414 g/mol. The van der Waals surface area contributed by atoms with Crippen molar-refractivity contribution in [3.05, 3.63) is 60.1 Å². The van der Waals surface area contributed by atoms with Crippen molar-refractivity contribution in [3.63, 3.8) is 0 Å². The predicted octanol–water partition coefficient (Wildman–Crippen LogP) is 3.65. The van der Waals surface area contributed by atoms with Crippen LogP contribution in [0.3, 0.4) is 0 Å². The Morgan fingerprint density at radius 2 is 2.10 bits per heavy atom. The van der Waals surface area contributed by atoms with Gasteiger partial charge in [-0.15, -0.1) is 0 Å². The van der Waals surface area contributed by atoms with Gasteiger partial charge in [-0.25, -0.2) is 0 Å². The van der Waals surface area contributed by atoms with E-state index in [9.17, 15) is 0 Å². The summed E-state index contributed by atoms with van der Waals surface area (Å²) in [5, 5.41) is 7.23. The van der Waals surface area contributed by atoms with E-state index in [1.165, 1.54) is 17.7 Å². The van der Waals surface area contributed by atoms with Crippen LogP contribution in [-0.2, 0) is 17.6 Å². The molecule has 0 amide bonds. The fourth-order valence-corrected chi connectivity index (χ4v) is 5.44. The maximum atomic E-state index is 6.17. The second-order valence-electron chi connectivity index (χ2n) is 7.89. The van der Waals surface area contributed by atoms with Crippen LogP contribution in [0, 0.1) is 0 Å². The van der Waals surface area contributed by atoms with Crippen LogP contribution in [0.1, 0.15) is 30.6 Å². The highest BCUT2D eigenvalue weighted by molar-refractivity contribution is 7.99. The fraction of sp³-hybridized carbons (Fsp3) is 0.522. The van der Waals surface area contributed by atoms with Gasteiger partial charge in [0.1, 0.15) is 5.76 Å². The molecular weight excluding hydrogens is 382 g/mol. The van der Waals surface area contributed by atoms with Gasteiger partial charge in [0.25, 0.3) is 0 Å². The van der Waals surface area contributed by atoms with Crippen molar-refractivity contribution in [1.82, 2.24) is 10.6 Å². The molecule has 2 fully saturated rings. The van der Waals surface area contributed by atoms with Crippen LogP contribution < -0.4 is 10.6 Å². The fourth-order valence-electron chi connectivity index (χ4n) is 4.06. The highest BCUT2D eigenvalue weighted by Crippen LogP contribution is 2.38. The summed E-state index contributed by atoms with van der Waals surface area (Å²) in [6, 6.07) is 14.9. The first-order chi connectivity index (χ1) is 14.3. The van der Waals surface area contributed by atoms with Crippen molar-refractivity contribution in [2.75, 3.05) is 31.2 Å². The number of furan rings is 1. The lowest BCUT2D eigenvalue weighted by Gasteiger charge is -2.38. The Morgan fingerprint density at radius 3 is 2.90 bits per heavy atom. The molecule has 2 atom stereocenters. The van der Waals surface area contributed by atoms with Crippen LogP contribution in [0.25, 0.3) is 0 Å². The zero-order valence-corrected chi connectivity index (χ0v) is 17.8. The van der Waals surface area contributed by atoms with Gasteiger partial charge < -0.3 is 19.8 Å². The van der Waals surface area contributed by atoms with Crippen molar-refractivity contribution < 1.29 is 9.15 Å². The van der Waals surface area contributed by atoms with E-state index >= 15 is 0 Å². The maximum Gasteiger partial charge on any atom is 0.191 e. The molecular formula is C23H31N3O2S. The number of benzene rings is 1. The number of hydrogen-bond donors (Lipinski definition) is 2. The third-order valence-corrected chi connectivity index (χ3v) is 6.88. The molecule has 2 aliphatic heterocycles. The first-order valence-electron chi connectivity index (χ1n) is 10.6. The normalized spacial score (nSPS) is 24.7. The van der Waals surface area contributed by atoms with Crippen molar-refractivity contribution in [3.8, 4) is 0 Å². The van der Waals surface area contributed by atoms with E-state index in [2.05, 4.69) is 41.0 Å². The first-order valence-corrected chi connectivity index (χ1v) is 11.8. The second kappa shape index (κ2) is 10.2. The van der Waals surface area contributed by atoms with Crippen molar-refractivity contribution in [2.24, 2.45) is 4.99 Å². The highest BCUT2D eigenvalue weighted by atomic mass is 32.2. The minimum atomic E-state index is 0.0733. The van der Waals surface area contributed by atoms with E-state index in [0.717, 1.165) is 56.3 Å². The van der Waals surface area contributed by atoms with E-state index in [-0.39, 0.29) is 5.60 Å². The lowest BCUT2D eigenvalue weighted by atomic mass is 9.90. The Balaban J connectivity index is 1.34. The van der Waals surface area contributed by atoms with Gasteiger partial charge in [0.05, 0.1) is 11.9 Å². The lowest BCUT2D eigenvalue weighted by Crippen LogP contribution is -2.51. The molecule has 1 aromatic carbocycles. The van der Waals surface area contributed by atoms with E-state index in [1.54, 1.807) is 6.26 Å². The SMILES string of the molecule is c1ccc(CCNC(=NCCc2ccco2)NC2CCOC3(CCSC3)C2)cc1. The van der Waals surface area contributed by atoms with Gasteiger partial charge in [0.15, 0.2) is 5.96 Å². The smallest absolute Gasteiger partial charge is 0.191 e. The Hall–Kier alpha value is -1.92. The van der Waals surface area contributed by atoms with Gasteiger partial charge in [-0.2, -0.15) is 11.8 Å². The molecule has 4 rings (SSSR count). The molecule has 2 aliphatic rings. The third-order valence-electron chi connectivity index (χ3n) is 5.66. The van der Waals surface area contributed by atoms with Crippen LogP contribution >= 0.6 is 11.8 Å². The molecule has 6 heteroatoms. The van der Waals surface area contributed by atoms with Gasteiger partial charge in [-0.3, -0.25) is 4.99 Å². The molecule has 1 spiro atoms. The zero-order valence-electron chi connectivity index (χ0n) is 16.9. The number of aliphatic imine (C=N–C) groups is 1. The van der Waals surface area contributed by atoms with E-state index < -0.39 is 0 Å². The van der Waals surface area contributed by atoms with Crippen molar-refractivity contribution >= 4 is 17.7 Å². The zero-order chi connectivity index (χ0) is 19.8. The first kappa shape index (κ1) is 20.4. The Kier molecular flexibility index (Phi) is 7.17. The molecule has 0 aliphatic carbocycles. The van der Waals surface area contributed by atoms with Crippen molar-refractivity contribution in [2.45, 2.75) is 43.7 Å². The van der Waals surface area contributed by atoms with Crippen LogP contribution in [-0.4, -0.2) is 48.8 Å². The average Bonchev–Trinajstić information content (AvgIpc) is 3.41. The molecule has 2 saturated heterocycles.